The fourth-order valence-electron chi connectivity index (χ4n) is 4.87. The molecular weight excluding hydrogens is 709 g/mol. The van der Waals surface area contributed by atoms with E-state index in [9.17, 15) is 20.4 Å². The summed E-state index contributed by atoms with van der Waals surface area (Å²) in [7, 11) is 0. The van der Waals surface area contributed by atoms with E-state index in [4.69, 9.17) is 69.6 Å². The van der Waals surface area contributed by atoms with Crippen molar-refractivity contribution in [3.63, 3.8) is 0 Å². The zero-order valence-electron chi connectivity index (χ0n) is 23.4. The van der Waals surface area contributed by atoms with E-state index in [-0.39, 0.29) is 21.2 Å². The molecule has 0 unspecified atom stereocenters. The number of aliphatic hydroxyl groups is 4. The first-order chi connectivity index (χ1) is 21.8. The summed E-state index contributed by atoms with van der Waals surface area (Å²) in [5.41, 5.74) is -8.21. The van der Waals surface area contributed by atoms with Crippen molar-refractivity contribution in [2.24, 2.45) is 0 Å². The summed E-state index contributed by atoms with van der Waals surface area (Å²) in [4.78, 5) is 0. The highest BCUT2D eigenvalue weighted by atomic mass is 35.5. The smallest absolute Gasteiger partial charge is 0.200 e. The molecule has 5 rings (SSSR count). The van der Waals surface area contributed by atoms with Crippen LogP contribution in [-0.2, 0) is 11.2 Å². The number of rotatable bonds is 4. The van der Waals surface area contributed by atoms with Gasteiger partial charge < -0.3 is 20.4 Å². The third kappa shape index (κ3) is 5.97. The second-order valence-electron chi connectivity index (χ2n) is 10.3. The Bertz CT molecular complexity index is 1820. The Kier molecular flexibility index (Phi) is 9.93. The predicted molar refractivity (Wildman–Crippen MR) is 185 cm³/mol. The van der Waals surface area contributed by atoms with E-state index < -0.39 is 42.5 Å². The van der Waals surface area contributed by atoms with Crippen LogP contribution in [0.25, 0.3) is 0 Å². The van der Waals surface area contributed by atoms with Gasteiger partial charge in [-0.05, 0) is 12.1 Å². The van der Waals surface area contributed by atoms with Crippen molar-refractivity contribution < 1.29 is 20.4 Å². The minimum Gasteiger partial charge on any atom is -0.369 e. The minimum absolute atomic E-state index is 0.201. The van der Waals surface area contributed by atoms with Gasteiger partial charge in [-0.25, -0.2) is 0 Å². The van der Waals surface area contributed by atoms with Gasteiger partial charge in [0.25, 0.3) is 0 Å². The lowest BCUT2D eigenvalue weighted by atomic mass is 9.83. The van der Waals surface area contributed by atoms with E-state index in [2.05, 4.69) is 23.7 Å². The molecular formula is C36H22Cl6O4. The first-order valence-electron chi connectivity index (χ1n) is 13.5. The standard InChI is InChI=1S/C36H22Cl6O4/c37-27-17-9-7-15-25(27)33(43,23-11-3-1-4-12-23)19-21-35(45)29(39)31(41)36(46,32(42)30(35)40)22-20-34(44,24-13-5-2-6-14-24)26-16-8-10-18-28(26)38/h1-18,43-46H/t33-,34-,35?,36?/m0/s1. The molecule has 0 amide bonds. The first-order valence-corrected chi connectivity index (χ1v) is 15.8. The third-order valence-electron chi connectivity index (χ3n) is 7.42. The maximum absolute atomic E-state index is 11.9. The third-order valence-corrected chi connectivity index (χ3v) is 10.1. The van der Waals surface area contributed by atoms with Crippen molar-refractivity contribution in [1.82, 2.24) is 0 Å². The van der Waals surface area contributed by atoms with Gasteiger partial charge in [0.15, 0.2) is 11.2 Å². The molecule has 0 spiro atoms. The molecule has 0 radical (unpaired) electrons. The van der Waals surface area contributed by atoms with Gasteiger partial charge in [0.1, 0.15) is 0 Å². The normalized spacial score (nSPS) is 22.1. The lowest BCUT2D eigenvalue weighted by Gasteiger charge is -2.35. The summed E-state index contributed by atoms with van der Waals surface area (Å²) in [6, 6.07) is 29.8. The molecule has 0 saturated heterocycles. The van der Waals surface area contributed by atoms with Crippen molar-refractivity contribution >= 4 is 69.6 Å². The van der Waals surface area contributed by atoms with Crippen LogP contribution in [0.2, 0.25) is 10.0 Å². The van der Waals surface area contributed by atoms with Gasteiger partial charge in [-0.3, -0.25) is 0 Å². The van der Waals surface area contributed by atoms with E-state index in [1.54, 1.807) is 109 Å². The Morgan fingerprint density at radius 3 is 1.02 bits per heavy atom. The van der Waals surface area contributed by atoms with Crippen LogP contribution in [0, 0.1) is 23.7 Å². The van der Waals surface area contributed by atoms with Crippen molar-refractivity contribution in [1.29, 1.82) is 0 Å². The van der Waals surface area contributed by atoms with Gasteiger partial charge in [-0.2, -0.15) is 0 Å². The molecule has 0 saturated carbocycles. The van der Waals surface area contributed by atoms with Gasteiger partial charge >= 0.3 is 0 Å². The second kappa shape index (κ2) is 13.3. The van der Waals surface area contributed by atoms with Crippen LogP contribution < -0.4 is 0 Å². The van der Waals surface area contributed by atoms with E-state index in [1.165, 1.54) is 0 Å². The van der Waals surface area contributed by atoms with E-state index >= 15 is 0 Å². The first kappa shape index (κ1) is 34.4. The number of hydrogen-bond donors (Lipinski definition) is 4. The van der Waals surface area contributed by atoms with Gasteiger partial charge in [0, 0.05) is 32.3 Å². The SMILES string of the molecule is OC1(C#C[C@](O)(c2ccccc2)c2ccccc2Cl)C(Cl)=C(Cl)C(O)(C#C[C@](O)(c2ccccc2)c2ccccc2Cl)C(Cl)=C1Cl. The lowest BCUT2D eigenvalue weighted by Crippen LogP contribution is -2.42. The highest BCUT2D eigenvalue weighted by Gasteiger charge is 2.51. The van der Waals surface area contributed by atoms with Crippen LogP contribution in [-0.4, -0.2) is 31.6 Å². The van der Waals surface area contributed by atoms with Crippen LogP contribution in [0.1, 0.15) is 22.3 Å². The summed E-state index contributed by atoms with van der Waals surface area (Å²) in [5.74, 6) is 10.3. The Morgan fingerprint density at radius 2 is 0.717 bits per heavy atom. The van der Waals surface area contributed by atoms with Crippen LogP contribution in [0.3, 0.4) is 0 Å². The lowest BCUT2D eigenvalue weighted by molar-refractivity contribution is 0.137. The average molecular weight is 731 g/mol. The second-order valence-corrected chi connectivity index (χ2v) is 12.6. The summed E-state index contributed by atoms with van der Waals surface area (Å²) < 4.78 is 0. The molecule has 0 aliphatic heterocycles. The zero-order chi connectivity index (χ0) is 33.3. The van der Waals surface area contributed by atoms with Crippen molar-refractivity contribution in [2.75, 3.05) is 0 Å². The van der Waals surface area contributed by atoms with Crippen molar-refractivity contribution in [3.8, 4) is 23.7 Å². The number of halogens is 6. The molecule has 4 N–H and O–H groups in total. The molecule has 1 aliphatic rings. The molecule has 232 valence electrons. The Labute approximate surface area is 296 Å². The molecule has 46 heavy (non-hydrogen) atoms. The Morgan fingerprint density at radius 1 is 0.435 bits per heavy atom. The predicted octanol–water partition coefficient (Wildman–Crippen LogP) is 8.03. The highest BCUT2D eigenvalue weighted by molar-refractivity contribution is 6.48. The molecule has 0 aromatic heterocycles. The summed E-state index contributed by atoms with van der Waals surface area (Å²) in [6.45, 7) is 0. The maximum Gasteiger partial charge on any atom is 0.200 e. The zero-order valence-corrected chi connectivity index (χ0v) is 28.0. The average Bonchev–Trinajstić information content (AvgIpc) is 3.08. The monoisotopic (exact) mass is 728 g/mol. The van der Waals surface area contributed by atoms with Gasteiger partial charge in [0.2, 0.25) is 11.2 Å². The molecule has 0 fully saturated rings. The maximum atomic E-state index is 11.9. The molecule has 2 atom stereocenters. The topological polar surface area (TPSA) is 80.9 Å². The molecule has 1 aliphatic carbocycles. The number of benzene rings is 4. The molecule has 4 nitrogen and oxygen atoms in total. The fourth-order valence-corrected chi connectivity index (χ4v) is 6.62. The molecule has 10 heteroatoms. The fraction of sp³-hybridized carbons (Fsp3) is 0.111. The summed E-state index contributed by atoms with van der Waals surface area (Å²) in [5, 5.41) is 45.2. The van der Waals surface area contributed by atoms with Gasteiger partial charge in [-0.1, -0.05) is 190 Å². The van der Waals surface area contributed by atoms with Crippen LogP contribution in [0.15, 0.2) is 129 Å². The van der Waals surface area contributed by atoms with E-state index in [1.807, 2.05) is 0 Å². The van der Waals surface area contributed by atoms with Crippen LogP contribution >= 0.6 is 69.6 Å². The molecule has 0 bridgehead atoms. The van der Waals surface area contributed by atoms with E-state index in [0.29, 0.717) is 11.1 Å². The van der Waals surface area contributed by atoms with Crippen molar-refractivity contribution in [3.05, 3.63) is 162 Å². The highest BCUT2D eigenvalue weighted by Crippen LogP contribution is 2.50. The quantitative estimate of drug-likeness (QED) is 0.161. The summed E-state index contributed by atoms with van der Waals surface area (Å²) in [6.07, 6.45) is 0. The number of hydrogen-bond acceptors (Lipinski definition) is 4. The molecule has 0 heterocycles. The van der Waals surface area contributed by atoms with Crippen molar-refractivity contribution in [2.45, 2.75) is 22.4 Å². The molecule has 4 aromatic carbocycles. The Hall–Kier alpha value is -2.94. The van der Waals surface area contributed by atoms with Crippen LogP contribution in [0.5, 0.6) is 0 Å². The largest absolute Gasteiger partial charge is 0.369 e. The van der Waals surface area contributed by atoms with Crippen LogP contribution in [0.4, 0.5) is 0 Å². The van der Waals surface area contributed by atoms with Gasteiger partial charge in [-0.15, -0.1) is 0 Å². The van der Waals surface area contributed by atoms with Gasteiger partial charge in [0.05, 0.1) is 20.1 Å². The molecule has 4 aromatic rings. The van der Waals surface area contributed by atoms with E-state index in [0.717, 1.165) is 0 Å². The Balaban J connectivity index is 1.67. The minimum atomic E-state index is -2.59. The summed E-state index contributed by atoms with van der Waals surface area (Å²) >= 11 is 39.2.